The molecule has 1 aliphatic heterocycles. The third-order valence-electron chi connectivity index (χ3n) is 6.10. The number of aliphatic imine (C=N–C) groups is 1. The van der Waals surface area contributed by atoms with E-state index in [9.17, 15) is 9.59 Å². The summed E-state index contributed by atoms with van der Waals surface area (Å²) in [6.45, 7) is 5.58. The minimum atomic E-state index is -0.104. The molecule has 1 aromatic carbocycles. The van der Waals surface area contributed by atoms with Gasteiger partial charge in [-0.1, -0.05) is 44.2 Å². The highest BCUT2D eigenvalue weighted by molar-refractivity contribution is 5.97. The van der Waals surface area contributed by atoms with Crippen molar-refractivity contribution in [3.63, 3.8) is 0 Å². The Hall–Kier alpha value is -2.57. The Kier molecular flexibility index (Phi) is 9.18. The van der Waals surface area contributed by atoms with E-state index in [1.807, 2.05) is 24.3 Å². The molecule has 0 unspecified atom stereocenters. The van der Waals surface area contributed by atoms with Crippen LogP contribution in [0.4, 0.5) is 0 Å². The van der Waals surface area contributed by atoms with Crippen LogP contribution < -0.4 is 16.0 Å². The van der Waals surface area contributed by atoms with Crippen molar-refractivity contribution in [2.45, 2.75) is 58.4 Å². The van der Waals surface area contributed by atoms with Gasteiger partial charge in [-0.15, -0.1) is 0 Å². The lowest BCUT2D eigenvalue weighted by molar-refractivity contribution is -0.123. The van der Waals surface area contributed by atoms with Crippen molar-refractivity contribution in [1.29, 1.82) is 0 Å². The highest BCUT2D eigenvalue weighted by atomic mass is 16.2. The number of carbonyl (C=O) groups is 2. The predicted molar refractivity (Wildman–Crippen MR) is 124 cm³/mol. The maximum atomic E-state index is 12.6. The smallest absolute Gasteiger partial charge is 0.254 e. The molecule has 0 radical (unpaired) electrons. The van der Waals surface area contributed by atoms with E-state index in [2.05, 4.69) is 27.9 Å². The lowest BCUT2D eigenvalue weighted by Crippen LogP contribution is -2.49. The van der Waals surface area contributed by atoms with E-state index < -0.39 is 0 Å². The molecule has 0 atom stereocenters. The Morgan fingerprint density at radius 3 is 2.65 bits per heavy atom. The number of piperazine rings is 1. The number of hydrogen-bond donors (Lipinski definition) is 3. The van der Waals surface area contributed by atoms with Crippen molar-refractivity contribution in [3.8, 4) is 0 Å². The highest BCUT2D eigenvalue weighted by Crippen LogP contribution is 2.26. The fraction of sp³-hybridized carbons (Fsp3) is 0.625. The molecule has 2 aliphatic rings. The summed E-state index contributed by atoms with van der Waals surface area (Å²) in [5.41, 5.74) is 1.66. The lowest BCUT2D eigenvalue weighted by atomic mass is 9.86. The summed E-state index contributed by atoms with van der Waals surface area (Å²) in [5.74, 6) is 1.55. The van der Waals surface area contributed by atoms with Gasteiger partial charge in [0.1, 0.15) is 0 Å². The highest BCUT2D eigenvalue weighted by Gasteiger charge is 2.22. The van der Waals surface area contributed by atoms with E-state index in [1.54, 1.807) is 4.90 Å². The molecule has 1 heterocycles. The van der Waals surface area contributed by atoms with E-state index in [0.29, 0.717) is 25.2 Å². The van der Waals surface area contributed by atoms with E-state index >= 15 is 0 Å². The third kappa shape index (κ3) is 7.56. The van der Waals surface area contributed by atoms with Gasteiger partial charge in [-0.2, -0.15) is 0 Å². The molecule has 1 saturated carbocycles. The summed E-state index contributed by atoms with van der Waals surface area (Å²) in [6, 6.07) is 7.52. The maximum Gasteiger partial charge on any atom is 0.254 e. The zero-order chi connectivity index (χ0) is 21.9. The summed E-state index contributed by atoms with van der Waals surface area (Å²) < 4.78 is 0. The Morgan fingerprint density at radius 2 is 1.94 bits per heavy atom. The van der Waals surface area contributed by atoms with Gasteiger partial charge in [-0.25, -0.2) is 4.99 Å². The Labute approximate surface area is 186 Å². The van der Waals surface area contributed by atoms with Gasteiger partial charge in [0.2, 0.25) is 5.91 Å². The number of hydrogen-bond acceptors (Lipinski definition) is 3. The van der Waals surface area contributed by atoms with E-state index in [0.717, 1.165) is 30.5 Å². The van der Waals surface area contributed by atoms with Crippen molar-refractivity contribution >= 4 is 17.8 Å². The summed E-state index contributed by atoms with van der Waals surface area (Å²) >= 11 is 0. The monoisotopic (exact) mass is 427 g/mol. The molecular formula is C24H37N5O2. The number of carbonyl (C=O) groups excluding carboxylic acids is 2. The minimum Gasteiger partial charge on any atom is -0.357 e. The third-order valence-corrected chi connectivity index (χ3v) is 6.10. The Morgan fingerprint density at radius 1 is 1.16 bits per heavy atom. The summed E-state index contributed by atoms with van der Waals surface area (Å²) in [7, 11) is 0. The molecule has 1 aromatic rings. The second-order valence-electron chi connectivity index (χ2n) is 8.54. The second-order valence-corrected chi connectivity index (χ2v) is 8.54. The van der Waals surface area contributed by atoms with Gasteiger partial charge >= 0.3 is 0 Å². The first-order chi connectivity index (χ1) is 15.2. The topological polar surface area (TPSA) is 85.8 Å². The number of guanidine groups is 1. The first kappa shape index (κ1) is 23.1. The number of nitrogens with one attached hydrogen (secondary N) is 3. The van der Waals surface area contributed by atoms with Gasteiger partial charge < -0.3 is 20.9 Å². The van der Waals surface area contributed by atoms with Crippen LogP contribution >= 0.6 is 0 Å². The van der Waals surface area contributed by atoms with Gasteiger partial charge in [-0.3, -0.25) is 9.59 Å². The average molecular weight is 428 g/mol. The summed E-state index contributed by atoms with van der Waals surface area (Å²) in [5, 5.41) is 9.50. The van der Waals surface area contributed by atoms with Crippen molar-refractivity contribution in [1.82, 2.24) is 20.9 Å². The van der Waals surface area contributed by atoms with Crippen LogP contribution in [0.3, 0.4) is 0 Å². The van der Waals surface area contributed by atoms with Crippen LogP contribution in [0, 0.1) is 5.92 Å². The average Bonchev–Trinajstić information content (AvgIpc) is 2.81. The molecule has 1 aliphatic carbocycles. The van der Waals surface area contributed by atoms with Gasteiger partial charge in [0.05, 0.1) is 13.1 Å². The van der Waals surface area contributed by atoms with Crippen molar-refractivity contribution in [2.24, 2.45) is 10.9 Å². The minimum absolute atomic E-state index is 0.0992. The quantitative estimate of drug-likeness (QED) is 0.338. The fourth-order valence-electron chi connectivity index (χ4n) is 4.33. The normalized spacial score (nSPS) is 17.9. The maximum absolute atomic E-state index is 12.6. The molecule has 1 saturated heterocycles. The van der Waals surface area contributed by atoms with Crippen LogP contribution in [0.15, 0.2) is 29.3 Å². The largest absolute Gasteiger partial charge is 0.357 e. The van der Waals surface area contributed by atoms with E-state index in [-0.39, 0.29) is 18.4 Å². The number of amides is 2. The number of nitrogens with zero attached hydrogens (tertiary/aromatic N) is 2. The fourth-order valence-corrected chi connectivity index (χ4v) is 4.33. The lowest BCUT2D eigenvalue weighted by Gasteiger charge is -2.26. The molecule has 3 N–H and O–H groups in total. The molecule has 170 valence electrons. The van der Waals surface area contributed by atoms with E-state index in [4.69, 9.17) is 0 Å². The molecule has 31 heavy (non-hydrogen) atoms. The van der Waals surface area contributed by atoms with Crippen molar-refractivity contribution in [2.75, 3.05) is 32.7 Å². The predicted octanol–water partition coefficient (Wildman–Crippen LogP) is 2.67. The molecule has 0 aromatic heterocycles. The van der Waals surface area contributed by atoms with Gasteiger partial charge in [0.25, 0.3) is 5.91 Å². The summed E-state index contributed by atoms with van der Waals surface area (Å²) in [6.07, 6.45) is 9.51. The standard InChI is InChI=1S/C24H37N5O2/c1-2-25-24(27-14-6-9-19-7-4-3-5-8-19)28-17-20-10-12-21(13-11-20)23(31)29-16-15-26-22(30)18-29/h10-13,19H,2-9,14-18H2,1H3,(H,26,30)(H2,25,27,28). The van der Waals surface area contributed by atoms with E-state index in [1.165, 1.54) is 44.9 Å². The molecule has 2 amide bonds. The number of benzene rings is 1. The molecular weight excluding hydrogens is 390 g/mol. The first-order valence-corrected chi connectivity index (χ1v) is 11.8. The molecule has 3 rings (SSSR count). The van der Waals surface area contributed by atoms with Gasteiger partial charge in [0, 0.05) is 31.7 Å². The van der Waals surface area contributed by atoms with Crippen LogP contribution in [0.5, 0.6) is 0 Å². The van der Waals surface area contributed by atoms with Crippen LogP contribution in [0.1, 0.15) is 67.8 Å². The van der Waals surface area contributed by atoms with Crippen molar-refractivity contribution < 1.29 is 9.59 Å². The zero-order valence-corrected chi connectivity index (χ0v) is 18.8. The molecule has 7 heteroatoms. The molecule has 2 fully saturated rings. The van der Waals surface area contributed by atoms with Crippen LogP contribution in [0.2, 0.25) is 0 Å². The SMILES string of the molecule is CCNC(=NCc1ccc(C(=O)N2CCNC(=O)C2)cc1)NCCCC1CCCCC1. The zero-order valence-electron chi connectivity index (χ0n) is 18.8. The molecule has 0 spiro atoms. The second kappa shape index (κ2) is 12.3. The van der Waals surface area contributed by atoms with Crippen molar-refractivity contribution in [3.05, 3.63) is 35.4 Å². The van der Waals surface area contributed by atoms with Gasteiger partial charge in [0.15, 0.2) is 5.96 Å². The Bertz CT molecular complexity index is 741. The molecule has 7 nitrogen and oxygen atoms in total. The van der Waals surface area contributed by atoms with Crippen LogP contribution in [0.25, 0.3) is 0 Å². The van der Waals surface area contributed by atoms with Crippen LogP contribution in [-0.2, 0) is 11.3 Å². The first-order valence-electron chi connectivity index (χ1n) is 11.8. The Balaban J connectivity index is 1.46. The van der Waals surface area contributed by atoms with Gasteiger partial charge in [-0.05, 0) is 43.4 Å². The molecule has 0 bridgehead atoms. The number of rotatable bonds is 8. The summed E-state index contributed by atoms with van der Waals surface area (Å²) in [4.78, 5) is 30.4. The van der Waals surface area contributed by atoms with Crippen LogP contribution in [-0.4, -0.2) is 55.4 Å².